The molecule has 5 nitrogen and oxygen atoms in total. The minimum atomic E-state index is -2.56. The van der Waals surface area contributed by atoms with Gasteiger partial charge in [-0.05, 0) is 73.7 Å². The first kappa shape index (κ1) is 29.0. The van der Waals surface area contributed by atoms with Crippen molar-refractivity contribution in [2.75, 3.05) is 37.0 Å². The lowest BCUT2D eigenvalue weighted by Crippen LogP contribution is -2.60. The van der Waals surface area contributed by atoms with Crippen LogP contribution in [0.1, 0.15) is 51.2 Å². The molecule has 2 aromatic rings. The number of rotatable bonds is 9. The lowest BCUT2D eigenvalue weighted by Gasteiger charge is -2.47. The van der Waals surface area contributed by atoms with Gasteiger partial charge in [-0.1, -0.05) is 62.7 Å². The van der Waals surface area contributed by atoms with Gasteiger partial charge in [-0.25, -0.2) is 8.78 Å². The maximum atomic E-state index is 12.9. The smallest absolute Gasteiger partial charge is 0.278 e. The predicted molar refractivity (Wildman–Crippen MR) is 158 cm³/mol. The zero-order valence-electron chi connectivity index (χ0n) is 22.5. The molecular formula is C29H38ClF2N5S. The Balaban J connectivity index is 0.00000164. The highest BCUT2D eigenvalue weighted by atomic mass is 35.5. The Morgan fingerprint density at radius 2 is 1.76 bits per heavy atom. The molecule has 0 bridgehead atoms. The standard InChI is InChI=1S/C27H32ClF2N5S.C2H6/c1-2-33-17-23(18-33)34-12-10-24(11-13-34)36-35(22-5-3-4-21(28)14-22)16-19-6-8-20(9-7-19)25-15-26(27(29)30)32-31-25;1-2/h3-9,14,23-24,27H,2,10-13,15-18H2,1H3;1-2H3. The number of anilines is 1. The van der Waals surface area contributed by atoms with E-state index in [-0.39, 0.29) is 12.1 Å². The summed E-state index contributed by atoms with van der Waals surface area (Å²) in [5.74, 6) is 0. The molecular weight excluding hydrogens is 524 g/mol. The molecule has 0 amide bonds. The monoisotopic (exact) mass is 561 g/mol. The van der Waals surface area contributed by atoms with Crippen LogP contribution in [0.4, 0.5) is 14.5 Å². The predicted octanol–water partition coefficient (Wildman–Crippen LogP) is 7.00. The molecule has 0 aliphatic carbocycles. The zero-order valence-corrected chi connectivity index (χ0v) is 24.1. The van der Waals surface area contributed by atoms with Crippen LogP contribution in [0.3, 0.4) is 0 Å². The Hall–Kier alpha value is -2.00. The fraction of sp³-hybridized carbons (Fsp3) is 0.517. The van der Waals surface area contributed by atoms with Crippen LogP contribution in [0.2, 0.25) is 5.02 Å². The van der Waals surface area contributed by atoms with E-state index < -0.39 is 6.43 Å². The molecule has 0 atom stereocenters. The van der Waals surface area contributed by atoms with E-state index in [9.17, 15) is 8.78 Å². The number of alkyl halides is 2. The second kappa shape index (κ2) is 13.9. The Kier molecular flexibility index (Phi) is 10.6. The number of hydrogen-bond acceptors (Lipinski definition) is 6. The van der Waals surface area contributed by atoms with E-state index in [1.807, 2.05) is 56.1 Å². The van der Waals surface area contributed by atoms with Crippen LogP contribution in [0, 0.1) is 0 Å². The fourth-order valence-corrected chi connectivity index (χ4v) is 6.42. The highest BCUT2D eigenvalue weighted by Gasteiger charge is 2.33. The van der Waals surface area contributed by atoms with Crippen molar-refractivity contribution in [1.29, 1.82) is 0 Å². The number of likely N-dealkylation sites (N-methyl/N-ethyl adjacent to an activating group) is 1. The van der Waals surface area contributed by atoms with E-state index >= 15 is 0 Å². The summed E-state index contributed by atoms with van der Waals surface area (Å²) in [5, 5.41) is 8.88. The lowest BCUT2D eigenvalue weighted by molar-refractivity contribution is 0.0279. The van der Waals surface area contributed by atoms with E-state index in [0.717, 1.165) is 54.1 Å². The summed E-state index contributed by atoms with van der Waals surface area (Å²) in [6, 6.07) is 16.7. The molecule has 206 valence electrons. The summed E-state index contributed by atoms with van der Waals surface area (Å²) in [5.41, 5.74) is 3.50. The molecule has 5 rings (SSSR count). The molecule has 3 heterocycles. The third kappa shape index (κ3) is 7.34. The molecule has 0 N–H and O–H groups in total. The van der Waals surface area contributed by atoms with Gasteiger partial charge in [-0.15, -0.1) is 0 Å². The topological polar surface area (TPSA) is 34.4 Å². The molecule has 2 saturated heterocycles. The molecule has 3 aliphatic heterocycles. The van der Waals surface area contributed by atoms with Gasteiger partial charge in [0, 0.05) is 41.5 Å². The van der Waals surface area contributed by atoms with Crippen molar-refractivity contribution >= 4 is 40.7 Å². The van der Waals surface area contributed by atoms with Gasteiger partial charge in [0.1, 0.15) is 5.71 Å². The normalized spacial score (nSPS) is 19.0. The summed E-state index contributed by atoms with van der Waals surface area (Å²) in [7, 11) is 0. The summed E-state index contributed by atoms with van der Waals surface area (Å²) in [6.07, 6.45) is -0.0941. The van der Waals surface area contributed by atoms with Crippen LogP contribution in [0.5, 0.6) is 0 Å². The van der Waals surface area contributed by atoms with Crippen LogP contribution in [-0.4, -0.2) is 71.7 Å². The highest BCUT2D eigenvalue weighted by molar-refractivity contribution is 8.01. The van der Waals surface area contributed by atoms with Crippen LogP contribution in [0.15, 0.2) is 58.7 Å². The zero-order chi connectivity index (χ0) is 27.1. The average Bonchev–Trinajstić information content (AvgIpc) is 3.41. The average molecular weight is 562 g/mol. The van der Waals surface area contributed by atoms with Gasteiger partial charge in [0.15, 0.2) is 0 Å². The van der Waals surface area contributed by atoms with Gasteiger partial charge in [-0.3, -0.25) is 4.90 Å². The molecule has 2 aromatic carbocycles. The third-order valence-corrected chi connectivity index (χ3v) is 8.86. The first-order valence-electron chi connectivity index (χ1n) is 13.7. The maximum Gasteiger partial charge on any atom is 0.278 e. The third-order valence-electron chi connectivity index (χ3n) is 7.26. The van der Waals surface area contributed by atoms with Crippen molar-refractivity contribution in [2.24, 2.45) is 10.2 Å². The van der Waals surface area contributed by atoms with Crippen LogP contribution >= 0.6 is 23.5 Å². The second-order valence-corrected chi connectivity index (χ2v) is 11.4. The quantitative estimate of drug-likeness (QED) is 0.309. The summed E-state index contributed by atoms with van der Waals surface area (Å²) in [6.45, 7) is 12.8. The van der Waals surface area contributed by atoms with Crippen molar-refractivity contribution < 1.29 is 8.78 Å². The molecule has 0 saturated carbocycles. The van der Waals surface area contributed by atoms with Crippen molar-refractivity contribution in [3.63, 3.8) is 0 Å². The minimum Gasteiger partial charge on any atom is -0.312 e. The van der Waals surface area contributed by atoms with E-state index in [2.05, 4.69) is 49.4 Å². The van der Waals surface area contributed by atoms with Gasteiger partial charge in [-0.2, -0.15) is 10.2 Å². The first-order valence-corrected chi connectivity index (χ1v) is 14.9. The van der Waals surface area contributed by atoms with Gasteiger partial charge in [0.25, 0.3) is 6.43 Å². The lowest BCUT2D eigenvalue weighted by atomic mass is 10.0. The number of halogens is 3. The number of likely N-dealkylation sites (tertiary alicyclic amines) is 2. The van der Waals surface area contributed by atoms with Crippen LogP contribution < -0.4 is 4.31 Å². The molecule has 9 heteroatoms. The van der Waals surface area contributed by atoms with Crippen LogP contribution in [-0.2, 0) is 6.54 Å². The van der Waals surface area contributed by atoms with Crippen molar-refractivity contribution in [2.45, 2.75) is 64.3 Å². The molecule has 2 fully saturated rings. The summed E-state index contributed by atoms with van der Waals surface area (Å²) in [4.78, 5) is 5.17. The summed E-state index contributed by atoms with van der Waals surface area (Å²) < 4.78 is 28.2. The Bertz CT molecular complexity index is 1100. The largest absolute Gasteiger partial charge is 0.312 e. The molecule has 0 spiro atoms. The van der Waals surface area contributed by atoms with Crippen molar-refractivity contribution in [3.05, 3.63) is 64.7 Å². The summed E-state index contributed by atoms with van der Waals surface area (Å²) >= 11 is 8.25. The minimum absolute atomic E-state index is 0.109. The first-order chi connectivity index (χ1) is 18.5. The van der Waals surface area contributed by atoms with E-state index in [0.29, 0.717) is 11.0 Å². The van der Waals surface area contributed by atoms with Gasteiger partial charge in [0.05, 0.1) is 12.3 Å². The van der Waals surface area contributed by atoms with Gasteiger partial charge < -0.3 is 9.21 Å². The fourth-order valence-electron chi connectivity index (χ4n) is 4.99. The maximum absolute atomic E-state index is 12.9. The molecule has 0 aromatic heterocycles. The molecule has 38 heavy (non-hydrogen) atoms. The van der Waals surface area contributed by atoms with Crippen molar-refractivity contribution in [1.82, 2.24) is 9.80 Å². The number of nitrogens with zero attached hydrogens (tertiary/aromatic N) is 5. The Labute approximate surface area is 235 Å². The van der Waals surface area contributed by atoms with Gasteiger partial charge >= 0.3 is 0 Å². The second-order valence-electron chi connectivity index (χ2n) is 9.68. The Morgan fingerprint density at radius 1 is 1.05 bits per heavy atom. The van der Waals surface area contributed by atoms with Crippen molar-refractivity contribution in [3.8, 4) is 0 Å². The van der Waals surface area contributed by atoms with E-state index in [1.54, 1.807) is 0 Å². The van der Waals surface area contributed by atoms with Gasteiger partial charge in [0.2, 0.25) is 0 Å². The number of benzene rings is 2. The highest BCUT2D eigenvalue weighted by Crippen LogP contribution is 2.34. The number of piperidine rings is 1. The molecule has 3 aliphatic rings. The number of hydrogen-bond donors (Lipinski definition) is 0. The molecule has 0 radical (unpaired) electrons. The Morgan fingerprint density at radius 3 is 2.37 bits per heavy atom. The SMILES string of the molecule is CC.CCN1CC(N2CCC(SN(Cc3ccc(C4=NN=C(C(F)F)C4)cc3)c3cccc(Cl)c3)CC2)C1. The van der Waals surface area contributed by atoms with E-state index in [1.165, 1.54) is 25.9 Å². The molecule has 0 unspecified atom stereocenters. The van der Waals surface area contributed by atoms with E-state index in [4.69, 9.17) is 11.6 Å². The van der Waals surface area contributed by atoms with Crippen LogP contribution in [0.25, 0.3) is 0 Å².